The summed E-state index contributed by atoms with van der Waals surface area (Å²) in [5.41, 5.74) is 1.88. The van der Waals surface area contributed by atoms with Crippen LogP contribution in [0.25, 0.3) is 6.08 Å². The van der Waals surface area contributed by atoms with Crippen LogP contribution in [-0.2, 0) is 4.79 Å². The Morgan fingerprint density at radius 2 is 1.70 bits per heavy atom. The number of benzene rings is 2. The van der Waals surface area contributed by atoms with E-state index in [0.717, 1.165) is 0 Å². The summed E-state index contributed by atoms with van der Waals surface area (Å²) in [7, 11) is 0. The quantitative estimate of drug-likeness (QED) is 0.672. The zero-order valence-electron chi connectivity index (χ0n) is 14.2. The Kier molecular flexibility index (Phi) is 5.69. The molecule has 0 aliphatic heterocycles. The summed E-state index contributed by atoms with van der Waals surface area (Å²) in [5, 5.41) is 5.45. The molecule has 2 N–H and O–H groups in total. The van der Waals surface area contributed by atoms with Crippen molar-refractivity contribution in [3.05, 3.63) is 96.1 Å². The molecule has 2 aromatic carbocycles. The van der Waals surface area contributed by atoms with E-state index in [9.17, 15) is 14.0 Å². The molecule has 3 rings (SSSR count). The minimum Gasteiger partial charge on any atom is -0.321 e. The highest BCUT2D eigenvalue weighted by atomic mass is 19.1. The molecule has 0 atom stereocenters. The lowest BCUT2D eigenvalue weighted by Crippen LogP contribution is -2.15. The number of hydrogen-bond donors (Lipinski definition) is 2. The van der Waals surface area contributed by atoms with Crippen LogP contribution in [0.2, 0.25) is 0 Å². The SMILES string of the molecule is O=C(/C=C/c1cccc(F)c1)Nc1ccccc1NC(=O)c1cccnc1. The van der Waals surface area contributed by atoms with Gasteiger partial charge in [0.05, 0.1) is 16.9 Å². The third-order valence-electron chi connectivity index (χ3n) is 3.63. The highest BCUT2D eigenvalue weighted by molar-refractivity contribution is 6.08. The second-order valence-corrected chi connectivity index (χ2v) is 5.62. The van der Waals surface area contributed by atoms with Gasteiger partial charge in [0, 0.05) is 18.5 Å². The fourth-order valence-corrected chi connectivity index (χ4v) is 2.35. The molecule has 5 nitrogen and oxygen atoms in total. The Morgan fingerprint density at radius 3 is 2.41 bits per heavy atom. The molecule has 0 unspecified atom stereocenters. The predicted molar refractivity (Wildman–Crippen MR) is 103 cm³/mol. The van der Waals surface area contributed by atoms with Gasteiger partial charge in [-0.25, -0.2) is 4.39 Å². The zero-order valence-corrected chi connectivity index (χ0v) is 14.2. The number of para-hydroxylation sites is 2. The van der Waals surface area contributed by atoms with Gasteiger partial charge in [-0.3, -0.25) is 14.6 Å². The monoisotopic (exact) mass is 361 g/mol. The number of rotatable bonds is 5. The molecule has 1 aromatic heterocycles. The van der Waals surface area contributed by atoms with Crippen LogP contribution in [0.5, 0.6) is 0 Å². The van der Waals surface area contributed by atoms with Crippen LogP contribution in [-0.4, -0.2) is 16.8 Å². The summed E-state index contributed by atoms with van der Waals surface area (Å²) in [5.74, 6) is -1.11. The summed E-state index contributed by atoms with van der Waals surface area (Å²) in [4.78, 5) is 28.4. The van der Waals surface area contributed by atoms with Crippen LogP contribution in [0.3, 0.4) is 0 Å². The van der Waals surface area contributed by atoms with Gasteiger partial charge in [0.2, 0.25) is 5.91 Å². The number of halogens is 1. The van der Waals surface area contributed by atoms with Crippen molar-refractivity contribution in [1.82, 2.24) is 4.98 Å². The number of carbonyl (C=O) groups is 2. The molecule has 2 amide bonds. The molecule has 0 aliphatic carbocycles. The van der Waals surface area contributed by atoms with E-state index in [0.29, 0.717) is 22.5 Å². The van der Waals surface area contributed by atoms with Crippen molar-refractivity contribution in [2.45, 2.75) is 0 Å². The number of anilines is 2. The topological polar surface area (TPSA) is 71.1 Å². The van der Waals surface area contributed by atoms with Gasteiger partial charge < -0.3 is 10.6 Å². The van der Waals surface area contributed by atoms with E-state index >= 15 is 0 Å². The molecule has 0 aliphatic rings. The highest BCUT2D eigenvalue weighted by Gasteiger charge is 2.10. The average molecular weight is 361 g/mol. The van der Waals surface area contributed by atoms with Gasteiger partial charge >= 0.3 is 0 Å². The molecule has 27 heavy (non-hydrogen) atoms. The fourth-order valence-electron chi connectivity index (χ4n) is 2.35. The zero-order chi connectivity index (χ0) is 19.1. The van der Waals surface area contributed by atoms with Crippen molar-refractivity contribution >= 4 is 29.3 Å². The lowest BCUT2D eigenvalue weighted by atomic mass is 10.2. The van der Waals surface area contributed by atoms with Gasteiger partial charge in [0.1, 0.15) is 5.82 Å². The summed E-state index contributed by atoms with van der Waals surface area (Å²) >= 11 is 0. The first-order chi connectivity index (χ1) is 13.1. The Morgan fingerprint density at radius 1 is 0.926 bits per heavy atom. The van der Waals surface area contributed by atoms with E-state index < -0.39 is 5.91 Å². The molecule has 0 radical (unpaired) electrons. The van der Waals surface area contributed by atoms with Crippen LogP contribution < -0.4 is 10.6 Å². The number of amides is 2. The Balaban J connectivity index is 1.70. The van der Waals surface area contributed by atoms with Gasteiger partial charge in [-0.2, -0.15) is 0 Å². The summed E-state index contributed by atoms with van der Waals surface area (Å²) < 4.78 is 13.2. The van der Waals surface area contributed by atoms with Crippen LogP contribution in [0, 0.1) is 5.82 Å². The molecule has 0 bridgehead atoms. The first-order valence-corrected chi connectivity index (χ1v) is 8.17. The first kappa shape index (κ1) is 18.0. The van der Waals surface area contributed by atoms with E-state index in [1.807, 2.05) is 0 Å². The molecular formula is C21H16FN3O2. The summed E-state index contributed by atoms with van der Waals surface area (Å²) in [6, 6.07) is 16.1. The van der Waals surface area contributed by atoms with Gasteiger partial charge in [0.25, 0.3) is 5.91 Å². The molecule has 134 valence electrons. The minimum absolute atomic E-state index is 0.333. The predicted octanol–water partition coefficient (Wildman–Crippen LogP) is 4.12. The Labute approximate surface area is 155 Å². The number of nitrogens with zero attached hydrogens (tertiary/aromatic N) is 1. The Hall–Kier alpha value is -3.80. The first-order valence-electron chi connectivity index (χ1n) is 8.17. The van der Waals surface area contributed by atoms with Crippen molar-refractivity contribution < 1.29 is 14.0 Å². The number of carbonyl (C=O) groups excluding carboxylic acids is 2. The maximum atomic E-state index is 13.2. The maximum absolute atomic E-state index is 13.2. The van der Waals surface area contributed by atoms with Gasteiger partial charge in [-0.15, -0.1) is 0 Å². The van der Waals surface area contributed by atoms with E-state index in [4.69, 9.17) is 0 Å². The summed E-state index contributed by atoms with van der Waals surface area (Å²) in [6.45, 7) is 0. The molecule has 0 saturated carbocycles. The van der Waals surface area contributed by atoms with Crippen LogP contribution >= 0.6 is 0 Å². The van der Waals surface area contributed by atoms with Crippen molar-refractivity contribution in [2.75, 3.05) is 10.6 Å². The number of hydrogen-bond acceptors (Lipinski definition) is 3. The minimum atomic E-state index is -0.401. The van der Waals surface area contributed by atoms with E-state index in [1.165, 1.54) is 30.5 Å². The Bertz CT molecular complexity index is 987. The molecule has 0 fully saturated rings. The summed E-state index contributed by atoms with van der Waals surface area (Å²) in [6.07, 6.45) is 5.85. The van der Waals surface area contributed by atoms with Gasteiger partial charge in [0.15, 0.2) is 0 Å². The molecular weight excluding hydrogens is 345 g/mol. The maximum Gasteiger partial charge on any atom is 0.257 e. The fraction of sp³-hybridized carbons (Fsp3) is 0. The largest absolute Gasteiger partial charge is 0.321 e. The van der Waals surface area contributed by atoms with Crippen molar-refractivity contribution in [2.24, 2.45) is 0 Å². The second-order valence-electron chi connectivity index (χ2n) is 5.62. The van der Waals surface area contributed by atoms with Crippen LogP contribution in [0.1, 0.15) is 15.9 Å². The van der Waals surface area contributed by atoms with Crippen LogP contribution in [0.4, 0.5) is 15.8 Å². The standard InChI is InChI=1S/C21H16FN3O2/c22-17-7-3-5-15(13-17)10-11-20(26)24-18-8-1-2-9-19(18)25-21(27)16-6-4-12-23-14-16/h1-14H,(H,24,26)(H,25,27)/b11-10+. The molecule has 6 heteroatoms. The molecule has 3 aromatic rings. The smallest absolute Gasteiger partial charge is 0.257 e. The molecule has 1 heterocycles. The van der Waals surface area contributed by atoms with Crippen molar-refractivity contribution in [3.8, 4) is 0 Å². The third kappa shape index (κ3) is 5.09. The third-order valence-corrected chi connectivity index (χ3v) is 3.63. The molecule has 0 saturated heterocycles. The van der Waals surface area contributed by atoms with Crippen LogP contribution in [0.15, 0.2) is 79.1 Å². The lowest BCUT2D eigenvalue weighted by Gasteiger charge is -2.11. The van der Waals surface area contributed by atoms with Gasteiger partial charge in [-0.05, 0) is 48.0 Å². The number of pyridine rings is 1. The highest BCUT2D eigenvalue weighted by Crippen LogP contribution is 2.21. The van der Waals surface area contributed by atoms with E-state index in [1.54, 1.807) is 54.7 Å². The van der Waals surface area contributed by atoms with Crippen molar-refractivity contribution in [1.29, 1.82) is 0 Å². The average Bonchev–Trinajstić information content (AvgIpc) is 2.69. The van der Waals surface area contributed by atoms with Gasteiger partial charge in [-0.1, -0.05) is 24.3 Å². The molecule has 0 spiro atoms. The van der Waals surface area contributed by atoms with E-state index in [-0.39, 0.29) is 11.7 Å². The normalized spacial score (nSPS) is 10.6. The number of nitrogens with one attached hydrogen (secondary N) is 2. The lowest BCUT2D eigenvalue weighted by molar-refractivity contribution is -0.111. The van der Waals surface area contributed by atoms with Crippen molar-refractivity contribution in [3.63, 3.8) is 0 Å². The second kappa shape index (κ2) is 8.53. The van der Waals surface area contributed by atoms with E-state index in [2.05, 4.69) is 15.6 Å². The number of aromatic nitrogens is 1.